The van der Waals surface area contributed by atoms with E-state index in [1.807, 2.05) is 60.7 Å². The van der Waals surface area contributed by atoms with Crippen molar-refractivity contribution >= 4 is 40.9 Å². The molecular formula is C15H11Cl3. The molecule has 0 N–H and O–H groups in total. The fourth-order valence-corrected chi connectivity index (χ4v) is 2.00. The van der Waals surface area contributed by atoms with Gasteiger partial charge >= 0.3 is 0 Å². The lowest BCUT2D eigenvalue weighted by molar-refractivity contribution is 1.22. The topological polar surface area (TPSA) is 0 Å². The molecule has 0 spiro atoms. The van der Waals surface area contributed by atoms with Crippen LogP contribution in [0.5, 0.6) is 0 Å². The van der Waals surface area contributed by atoms with Crippen LogP contribution in [0.4, 0.5) is 0 Å². The van der Waals surface area contributed by atoms with Crippen molar-refractivity contribution in [2.24, 2.45) is 0 Å². The molecule has 2 rings (SSSR count). The van der Waals surface area contributed by atoms with E-state index in [1.165, 1.54) is 0 Å². The third kappa shape index (κ3) is 3.78. The van der Waals surface area contributed by atoms with Crippen LogP contribution < -0.4 is 0 Å². The number of halogens is 3. The zero-order valence-electron chi connectivity index (χ0n) is 9.48. The Hall–Kier alpha value is -0.950. The molecule has 0 saturated heterocycles. The summed E-state index contributed by atoms with van der Waals surface area (Å²) in [4.78, 5) is 0. The summed E-state index contributed by atoms with van der Waals surface area (Å²) in [6.07, 6.45) is 3.91. The number of rotatable bonds is 3. The summed E-state index contributed by atoms with van der Waals surface area (Å²) in [7, 11) is 0. The monoisotopic (exact) mass is 296 g/mol. The van der Waals surface area contributed by atoms with Gasteiger partial charge in [0.15, 0.2) is 0 Å². The van der Waals surface area contributed by atoms with Gasteiger partial charge in [0.05, 0.1) is 5.38 Å². The Bertz CT molecular complexity index is 527. The van der Waals surface area contributed by atoms with E-state index in [0.29, 0.717) is 5.02 Å². The van der Waals surface area contributed by atoms with Crippen molar-refractivity contribution in [3.8, 4) is 0 Å². The van der Waals surface area contributed by atoms with Crippen LogP contribution in [0.15, 0.2) is 54.6 Å². The number of hydrogen-bond acceptors (Lipinski definition) is 0. The van der Waals surface area contributed by atoms with E-state index in [-0.39, 0.29) is 5.38 Å². The third-order valence-corrected chi connectivity index (χ3v) is 3.42. The second kappa shape index (κ2) is 6.29. The maximum Gasteiger partial charge on any atom is 0.0769 e. The smallest absolute Gasteiger partial charge is 0.0769 e. The van der Waals surface area contributed by atoms with E-state index in [9.17, 15) is 0 Å². The minimum atomic E-state index is -0.169. The normalized spacial score (nSPS) is 12.8. The highest BCUT2D eigenvalue weighted by Gasteiger charge is 2.02. The van der Waals surface area contributed by atoms with E-state index < -0.39 is 0 Å². The Morgan fingerprint density at radius 2 is 1.28 bits per heavy atom. The largest absolute Gasteiger partial charge is 0.113 e. The Morgan fingerprint density at radius 3 is 1.83 bits per heavy atom. The lowest BCUT2D eigenvalue weighted by Crippen LogP contribution is -1.85. The zero-order chi connectivity index (χ0) is 13.0. The molecule has 0 aliphatic heterocycles. The lowest BCUT2D eigenvalue weighted by atomic mass is 10.1. The molecule has 0 nitrogen and oxygen atoms in total. The summed E-state index contributed by atoms with van der Waals surface area (Å²) in [5, 5.41) is 1.27. The first kappa shape index (κ1) is 13.5. The molecule has 3 heteroatoms. The van der Waals surface area contributed by atoms with E-state index in [0.717, 1.165) is 16.1 Å². The maximum absolute atomic E-state index is 6.28. The molecule has 92 valence electrons. The molecule has 0 bridgehead atoms. The number of benzene rings is 2. The van der Waals surface area contributed by atoms with Gasteiger partial charge in [0.25, 0.3) is 0 Å². The second-order valence-corrected chi connectivity index (χ2v) is 5.21. The van der Waals surface area contributed by atoms with Gasteiger partial charge in [0.2, 0.25) is 0 Å². The first-order valence-electron chi connectivity index (χ1n) is 5.48. The molecule has 18 heavy (non-hydrogen) atoms. The highest BCUT2D eigenvalue weighted by molar-refractivity contribution is 6.31. The standard InChI is InChI=1S/C15H11Cl3/c16-13-6-1-11(2-7-13)3-10-15(18)12-4-8-14(17)9-5-12/h1-10,15H/b10-3+. The molecular weight excluding hydrogens is 287 g/mol. The summed E-state index contributed by atoms with van der Waals surface area (Å²) >= 11 is 17.9. The zero-order valence-corrected chi connectivity index (χ0v) is 11.8. The molecule has 1 unspecified atom stereocenters. The summed E-state index contributed by atoms with van der Waals surface area (Å²) in [5.74, 6) is 0. The van der Waals surface area contributed by atoms with Gasteiger partial charge in [0.1, 0.15) is 0 Å². The predicted molar refractivity (Wildman–Crippen MR) is 80.5 cm³/mol. The first-order chi connectivity index (χ1) is 8.65. The molecule has 0 aliphatic rings. The van der Waals surface area contributed by atoms with E-state index in [1.54, 1.807) is 0 Å². The molecule has 0 saturated carbocycles. The minimum absolute atomic E-state index is 0.169. The van der Waals surface area contributed by atoms with Crippen LogP contribution in [-0.2, 0) is 0 Å². The van der Waals surface area contributed by atoms with Crippen LogP contribution in [0, 0.1) is 0 Å². The van der Waals surface area contributed by atoms with Crippen LogP contribution >= 0.6 is 34.8 Å². The Balaban J connectivity index is 2.08. The van der Waals surface area contributed by atoms with Gasteiger partial charge in [-0.25, -0.2) is 0 Å². The van der Waals surface area contributed by atoms with Gasteiger partial charge in [-0.1, -0.05) is 59.6 Å². The minimum Gasteiger partial charge on any atom is -0.113 e. The summed E-state index contributed by atoms with van der Waals surface area (Å²) in [6.45, 7) is 0. The van der Waals surface area contributed by atoms with E-state index in [2.05, 4.69) is 0 Å². The number of allylic oxidation sites excluding steroid dienone is 1. The van der Waals surface area contributed by atoms with Crippen LogP contribution in [-0.4, -0.2) is 0 Å². The molecule has 0 heterocycles. The molecule has 0 fully saturated rings. The molecule has 2 aromatic rings. The Labute approximate surface area is 122 Å². The summed E-state index contributed by atoms with van der Waals surface area (Å²) < 4.78 is 0. The molecule has 0 aliphatic carbocycles. The average molecular weight is 298 g/mol. The van der Waals surface area contributed by atoms with Crippen LogP contribution in [0.2, 0.25) is 10.0 Å². The SMILES string of the molecule is Clc1ccc(/C=C/C(Cl)c2ccc(Cl)cc2)cc1. The van der Waals surface area contributed by atoms with Gasteiger partial charge in [-0.05, 0) is 35.4 Å². The Kier molecular flexibility index (Phi) is 4.71. The highest BCUT2D eigenvalue weighted by atomic mass is 35.5. The Morgan fingerprint density at radius 1 is 0.778 bits per heavy atom. The fraction of sp³-hybridized carbons (Fsp3) is 0.0667. The van der Waals surface area contributed by atoms with Crippen molar-refractivity contribution in [3.63, 3.8) is 0 Å². The van der Waals surface area contributed by atoms with Crippen molar-refractivity contribution in [1.29, 1.82) is 0 Å². The first-order valence-corrected chi connectivity index (χ1v) is 6.68. The van der Waals surface area contributed by atoms with E-state index >= 15 is 0 Å². The molecule has 1 atom stereocenters. The van der Waals surface area contributed by atoms with Crippen molar-refractivity contribution in [3.05, 3.63) is 75.8 Å². The number of hydrogen-bond donors (Lipinski definition) is 0. The van der Waals surface area contributed by atoms with Gasteiger partial charge < -0.3 is 0 Å². The quantitative estimate of drug-likeness (QED) is 0.611. The van der Waals surface area contributed by atoms with Crippen molar-refractivity contribution < 1.29 is 0 Å². The van der Waals surface area contributed by atoms with Crippen LogP contribution in [0.1, 0.15) is 16.5 Å². The molecule has 2 aromatic carbocycles. The van der Waals surface area contributed by atoms with Gasteiger partial charge in [-0.2, -0.15) is 0 Å². The fourth-order valence-electron chi connectivity index (χ4n) is 1.53. The molecule has 0 radical (unpaired) electrons. The van der Waals surface area contributed by atoms with Gasteiger partial charge in [0, 0.05) is 10.0 Å². The van der Waals surface area contributed by atoms with Crippen LogP contribution in [0.25, 0.3) is 6.08 Å². The van der Waals surface area contributed by atoms with Gasteiger partial charge in [-0.3, -0.25) is 0 Å². The summed E-state index contributed by atoms with van der Waals surface area (Å²) in [5.41, 5.74) is 2.09. The van der Waals surface area contributed by atoms with Crippen molar-refractivity contribution in [2.75, 3.05) is 0 Å². The molecule has 0 aromatic heterocycles. The van der Waals surface area contributed by atoms with E-state index in [4.69, 9.17) is 34.8 Å². The third-order valence-electron chi connectivity index (χ3n) is 2.52. The predicted octanol–water partition coefficient (Wildman–Crippen LogP) is 5.99. The number of alkyl halides is 1. The summed E-state index contributed by atoms with van der Waals surface area (Å²) in [6, 6.07) is 15.1. The van der Waals surface area contributed by atoms with Gasteiger partial charge in [-0.15, -0.1) is 11.6 Å². The molecule has 0 amide bonds. The van der Waals surface area contributed by atoms with Crippen molar-refractivity contribution in [2.45, 2.75) is 5.38 Å². The van der Waals surface area contributed by atoms with Crippen molar-refractivity contribution in [1.82, 2.24) is 0 Å². The maximum atomic E-state index is 6.28. The van der Waals surface area contributed by atoms with Crippen LogP contribution in [0.3, 0.4) is 0 Å². The average Bonchev–Trinajstić information content (AvgIpc) is 2.38. The second-order valence-electron chi connectivity index (χ2n) is 3.86. The highest BCUT2D eigenvalue weighted by Crippen LogP contribution is 2.24. The lowest BCUT2D eigenvalue weighted by Gasteiger charge is -2.04.